The normalized spacial score (nSPS) is 19.7. The van der Waals surface area contributed by atoms with Crippen LogP contribution in [0.5, 0.6) is 0 Å². The van der Waals surface area contributed by atoms with Crippen LogP contribution >= 0.6 is 23.5 Å². The number of rotatable bonds is 4. The highest BCUT2D eigenvalue weighted by Crippen LogP contribution is 2.11. The Balaban J connectivity index is 2.35. The van der Waals surface area contributed by atoms with E-state index in [9.17, 15) is 4.79 Å². The molecule has 0 aromatic heterocycles. The number of carbonyl (C=O) groups is 1. The van der Waals surface area contributed by atoms with E-state index in [1.54, 1.807) is 11.8 Å². The Bertz CT molecular complexity index is 194. The summed E-state index contributed by atoms with van der Waals surface area (Å²) in [7, 11) is 0. The molecular formula is C10H20N2OS2. The summed E-state index contributed by atoms with van der Waals surface area (Å²) in [5.74, 6) is 3.34. The number of nitrogens with zero attached hydrogens (tertiary/aromatic N) is 1. The van der Waals surface area contributed by atoms with Gasteiger partial charge in [0.1, 0.15) is 0 Å². The van der Waals surface area contributed by atoms with Crippen LogP contribution in [0.15, 0.2) is 0 Å². The lowest BCUT2D eigenvalue weighted by Gasteiger charge is -2.23. The van der Waals surface area contributed by atoms with Gasteiger partial charge in [-0.05, 0) is 30.6 Å². The quantitative estimate of drug-likeness (QED) is 0.807. The maximum absolute atomic E-state index is 11.9. The third kappa shape index (κ3) is 4.66. The SMILES string of the molecule is CSCCC(N)C(=O)N1CCCSCC1. The van der Waals surface area contributed by atoms with E-state index in [2.05, 4.69) is 0 Å². The largest absolute Gasteiger partial charge is 0.340 e. The average molecular weight is 248 g/mol. The molecule has 15 heavy (non-hydrogen) atoms. The molecule has 0 saturated carbocycles. The monoisotopic (exact) mass is 248 g/mol. The number of carbonyl (C=O) groups excluding carboxylic acids is 1. The highest BCUT2D eigenvalue weighted by molar-refractivity contribution is 7.99. The summed E-state index contributed by atoms with van der Waals surface area (Å²) in [6.07, 6.45) is 3.94. The van der Waals surface area contributed by atoms with E-state index in [1.165, 1.54) is 5.75 Å². The van der Waals surface area contributed by atoms with Crippen molar-refractivity contribution in [1.29, 1.82) is 0 Å². The first-order valence-corrected chi connectivity index (χ1v) is 7.91. The fraction of sp³-hybridized carbons (Fsp3) is 0.900. The van der Waals surface area contributed by atoms with Gasteiger partial charge in [-0.2, -0.15) is 23.5 Å². The van der Waals surface area contributed by atoms with E-state index in [0.717, 1.165) is 37.4 Å². The number of hydrogen-bond acceptors (Lipinski definition) is 4. The van der Waals surface area contributed by atoms with Crippen molar-refractivity contribution < 1.29 is 4.79 Å². The molecule has 1 atom stereocenters. The standard InChI is InChI=1S/C10H20N2OS2/c1-14-7-3-9(11)10(13)12-4-2-6-15-8-5-12/h9H,2-8,11H2,1H3. The third-order valence-electron chi connectivity index (χ3n) is 2.48. The van der Waals surface area contributed by atoms with Gasteiger partial charge < -0.3 is 10.6 Å². The van der Waals surface area contributed by atoms with Gasteiger partial charge >= 0.3 is 0 Å². The molecule has 88 valence electrons. The van der Waals surface area contributed by atoms with Crippen molar-refractivity contribution in [3.63, 3.8) is 0 Å². The zero-order valence-electron chi connectivity index (χ0n) is 9.28. The molecule has 1 aliphatic rings. The second-order valence-electron chi connectivity index (χ2n) is 3.68. The molecular weight excluding hydrogens is 228 g/mol. The van der Waals surface area contributed by atoms with Crippen molar-refractivity contribution in [2.24, 2.45) is 5.73 Å². The van der Waals surface area contributed by atoms with Crippen LogP contribution in [-0.4, -0.2) is 53.5 Å². The summed E-state index contributed by atoms with van der Waals surface area (Å²) in [5, 5.41) is 0. The summed E-state index contributed by atoms with van der Waals surface area (Å²) in [6, 6.07) is -0.291. The molecule has 1 rings (SSSR count). The van der Waals surface area contributed by atoms with E-state index in [4.69, 9.17) is 5.73 Å². The minimum Gasteiger partial charge on any atom is -0.340 e. The molecule has 1 amide bonds. The predicted molar refractivity (Wildman–Crippen MR) is 69.5 cm³/mol. The van der Waals surface area contributed by atoms with Crippen LogP contribution in [0.25, 0.3) is 0 Å². The van der Waals surface area contributed by atoms with Crippen molar-refractivity contribution in [2.75, 3.05) is 36.6 Å². The molecule has 3 nitrogen and oxygen atoms in total. The van der Waals surface area contributed by atoms with Crippen molar-refractivity contribution in [3.05, 3.63) is 0 Å². The maximum atomic E-state index is 11.9. The van der Waals surface area contributed by atoms with E-state index in [0.29, 0.717) is 0 Å². The van der Waals surface area contributed by atoms with Gasteiger partial charge in [0.05, 0.1) is 6.04 Å². The third-order valence-corrected chi connectivity index (χ3v) is 4.18. The molecule has 0 bridgehead atoms. The Labute approximate surface area is 101 Å². The van der Waals surface area contributed by atoms with E-state index in [-0.39, 0.29) is 11.9 Å². The molecule has 0 aromatic rings. The molecule has 1 heterocycles. The van der Waals surface area contributed by atoms with Crippen molar-refractivity contribution in [3.8, 4) is 0 Å². The van der Waals surface area contributed by atoms with Crippen LogP contribution in [0.1, 0.15) is 12.8 Å². The fourth-order valence-electron chi connectivity index (χ4n) is 1.57. The number of thioether (sulfide) groups is 2. The lowest BCUT2D eigenvalue weighted by atomic mass is 10.2. The van der Waals surface area contributed by atoms with E-state index in [1.807, 2.05) is 22.9 Å². The molecule has 0 aromatic carbocycles. The Morgan fingerprint density at radius 1 is 1.53 bits per heavy atom. The molecule has 0 spiro atoms. The first-order valence-electron chi connectivity index (χ1n) is 5.36. The van der Waals surface area contributed by atoms with Crippen LogP contribution in [0.2, 0.25) is 0 Å². The Morgan fingerprint density at radius 3 is 3.07 bits per heavy atom. The van der Waals surface area contributed by atoms with Crippen LogP contribution in [0.3, 0.4) is 0 Å². The number of amides is 1. The van der Waals surface area contributed by atoms with Crippen LogP contribution < -0.4 is 5.73 Å². The second kappa shape index (κ2) is 7.41. The number of nitrogens with two attached hydrogens (primary N) is 1. The minimum atomic E-state index is -0.291. The fourth-order valence-corrected chi connectivity index (χ4v) is 2.95. The van der Waals surface area contributed by atoms with Gasteiger partial charge in [-0.1, -0.05) is 0 Å². The van der Waals surface area contributed by atoms with Crippen LogP contribution in [-0.2, 0) is 4.79 Å². The highest BCUT2D eigenvalue weighted by Gasteiger charge is 2.21. The topological polar surface area (TPSA) is 46.3 Å². The highest BCUT2D eigenvalue weighted by atomic mass is 32.2. The zero-order chi connectivity index (χ0) is 11.1. The second-order valence-corrected chi connectivity index (χ2v) is 5.89. The Hall–Kier alpha value is 0.130. The number of hydrogen-bond donors (Lipinski definition) is 1. The smallest absolute Gasteiger partial charge is 0.239 e. The molecule has 2 N–H and O–H groups in total. The first-order chi connectivity index (χ1) is 7.25. The van der Waals surface area contributed by atoms with Crippen molar-refractivity contribution >= 4 is 29.4 Å². The van der Waals surface area contributed by atoms with Gasteiger partial charge in [-0.3, -0.25) is 4.79 Å². The molecule has 1 unspecified atom stereocenters. The van der Waals surface area contributed by atoms with Crippen LogP contribution in [0.4, 0.5) is 0 Å². The lowest BCUT2D eigenvalue weighted by molar-refractivity contribution is -0.132. The van der Waals surface area contributed by atoms with Gasteiger partial charge in [0.25, 0.3) is 0 Å². The minimum absolute atomic E-state index is 0.145. The van der Waals surface area contributed by atoms with Gasteiger partial charge in [0.15, 0.2) is 0 Å². The van der Waals surface area contributed by atoms with Crippen molar-refractivity contribution in [1.82, 2.24) is 4.90 Å². The zero-order valence-corrected chi connectivity index (χ0v) is 10.9. The maximum Gasteiger partial charge on any atom is 0.239 e. The Morgan fingerprint density at radius 2 is 2.33 bits per heavy atom. The first kappa shape index (κ1) is 13.2. The van der Waals surface area contributed by atoms with E-state index >= 15 is 0 Å². The predicted octanol–water partition coefficient (Wildman–Crippen LogP) is 1.03. The molecule has 1 aliphatic heterocycles. The molecule has 0 aliphatic carbocycles. The average Bonchev–Trinajstić information content (AvgIpc) is 2.53. The van der Waals surface area contributed by atoms with E-state index < -0.39 is 0 Å². The molecule has 0 radical (unpaired) electrons. The summed E-state index contributed by atoms with van der Waals surface area (Å²) in [4.78, 5) is 13.9. The van der Waals surface area contributed by atoms with Crippen LogP contribution in [0, 0.1) is 0 Å². The van der Waals surface area contributed by atoms with Gasteiger partial charge in [-0.25, -0.2) is 0 Å². The summed E-state index contributed by atoms with van der Waals surface area (Å²) in [6.45, 7) is 1.76. The molecule has 5 heteroatoms. The lowest BCUT2D eigenvalue weighted by Crippen LogP contribution is -2.44. The Kier molecular flexibility index (Phi) is 6.52. The summed E-state index contributed by atoms with van der Waals surface area (Å²) in [5.41, 5.74) is 5.87. The van der Waals surface area contributed by atoms with Gasteiger partial charge in [0, 0.05) is 18.8 Å². The van der Waals surface area contributed by atoms with Crippen molar-refractivity contribution in [2.45, 2.75) is 18.9 Å². The molecule has 1 fully saturated rings. The van der Waals surface area contributed by atoms with Gasteiger partial charge in [-0.15, -0.1) is 0 Å². The summed E-state index contributed by atoms with van der Waals surface area (Å²) >= 11 is 3.67. The molecule has 1 saturated heterocycles. The van der Waals surface area contributed by atoms with Gasteiger partial charge in [0.2, 0.25) is 5.91 Å². The summed E-state index contributed by atoms with van der Waals surface area (Å²) < 4.78 is 0.